The lowest BCUT2D eigenvalue weighted by Crippen LogP contribution is -2.08. The fourth-order valence-electron chi connectivity index (χ4n) is 2.49. The fourth-order valence-corrected chi connectivity index (χ4v) is 2.49. The second-order valence-electron chi connectivity index (χ2n) is 4.88. The van der Waals surface area contributed by atoms with Crippen LogP contribution in [0.1, 0.15) is 21.6 Å². The monoisotopic (exact) mass is 283 g/mol. The van der Waals surface area contributed by atoms with Gasteiger partial charge in [-0.3, -0.25) is 9.36 Å². The van der Waals surface area contributed by atoms with Gasteiger partial charge in [-0.1, -0.05) is 17.7 Å². The second-order valence-corrected chi connectivity index (χ2v) is 4.88. The van der Waals surface area contributed by atoms with Crippen LogP contribution in [0.2, 0.25) is 0 Å². The highest BCUT2D eigenvalue weighted by atomic mass is 16.4. The van der Waals surface area contributed by atoms with Gasteiger partial charge in [0.2, 0.25) is 0 Å². The summed E-state index contributed by atoms with van der Waals surface area (Å²) in [5.41, 5.74) is 2.19. The molecule has 21 heavy (non-hydrogen) atoms. The molecule has 2 heterocycles. The van der Waals surface area contributed by atoms with Crippen LogP contribution in [0.5, 0.6) is 0 Å². The van der Waals surface area contributed by atoms with E-state index in [2.05, 4.69) is 9.97 Å². The van der Waals surface area contributed by atoms with E-state index in [-0.39, 0.29) is 11.3 Å². The van der Waals surface area contributed by atoms with E-state index in [9.17, 15) is 14.7 Å². The van der Waals surface area contributed by atoms with Crippen molar-refractivity contribution in [2.24, 2.45) is 0 Å². The number of aromatic amines is 1. The minimum atomic E-state index is -1.09. The number of fused-ring (bicyclic) bond motifs is 1. The van der Waals surface area contributed by atoms with Crippen LogP contribution >= 0.6 is 0 Å². The molecule has 3 aromatic rings. The lowest BCUT2D eigenvalue weighted by molar-refractivity contribution is 0.0688. The zero-order valence-corrected chi connectivity index (χ0v) is 11.5. The van der Waals surface area contributed by atoms with Crippen molar-refractivity contribution < 1.29 is 9.90 Å². The van der Waals surface area contributed by atoms with Crippen molar-refractivity contribution in [2.45, 2.75) is 13.8 Å². The van der Waals surface area contributed by atoms with Gasteiger partial charge in [0.05, 0.1) is 11.7 Å². The first-order valence-corrected chi connectivity index (χ1v) is 6.39. The maximum absolute atomic E-state index is 12.0. The molecular weight excluding hydrogens is 270 g/mol. The molecule has 0 amide bonds. The van der Waals surface area contributed by atoms with Crippen LogP contribution in [0, 0.1) is 13.8 Å². The number of rotatable bonds is 2. The predicted molar refractivity (Wildman–Crippen MR) is 78.1 cm³/mol. The number of hydrogen-bond donors (Lipinski definition) is 2. The third-order valence-corrected chi connectivity index (χ3v) is 3.49. The van der Waals surface area contributed by atoms with Gasteiger partial charge in [-0.25, -0.2) is 9.78 Å². The van der Waals surface area contributed by atoms with Crippen LogP contribution in [0.3, 0.4) is 0 Å². The molecule has 0 saturated carbocycles. The van der Waals surface area contributed by atoms with E-state index in [1.807, 2.05) is 31.2 Å². The molecule has 0 aliphatic heterocycles. The molecule has 0 spiro atoms. The van der Waals surface area contributed by atoms with Gasteiger partial charge in [-0.2, -0.15) is 0 Å². The second kappa shape index (κ2) is 4.59. The maximum Gasteiger partial charge on any atom is 0.353 e. The molecule has 0 atom stereocenters. The smallest absolute Gasteiger partial charge is 0.353 e. The Hall–Kier alpha value is -2.89. The first kappa shape index (κ1) is 13.1. The van der Waals surface area contributed by atoms with Gasteiger partial charge in [-0.05, 0) is 31.5 Å². The number of aromatic carboxylic acids is 1. The summed E-state index contributed by atoms with van der Waals surface area (Å²) in [4.78, 5) is 30.2. The van der Waals surface area contributed by atoms with Crippen molar-refractivity contribution in [1.82, 2.24) is 14.5 Å². The number of carboxylic acid groups (broad SMARTS) is 1. The number of H-pyrrole nitrogens is 1. The van der Waals surface area contributed by atoms with Crippen LogP contribution in [-0.4, -0.2) is 25.6 Å². The topological polar surface area (TPSA) is 88.0 Å². The lowest BCUT2D eigenvalue weighted by Gasteiger charge is -2.08. The quantitative estimate of drug-likeness (QED) is 0.753. The largest absolute Gasteiger partial charge is 0.477 e. The van der Waals surface area contributed by atoms with E-state index >= 15 is 0 Å². The van der Waals surface area contributed by atoms with Crippen molar-refractivity contribution in [3.05, 3.63) is 57.8 Å². The molecule has 0 saturated heterocycles. The van der Waals surface area contributed by atoms with E-state index in [1.54, 1.807) is 6.92 Å². The highest BCUT2D eigenvalue weighted by molar-refractivity contribution is 5.97. The molecule has 2 aromatic heterocycles. The summed E-state index contributed by atoms with van der Waals surface area (Å²) in [6.45, 7) is 3.57. The number of nitrogens with zero attached hydrogens (tertiary/aromatic N) is 2. The van der Waals surface area contributed by atoms with Crippen molar-refractivity contribution in [2.75, 3.05) is 0 Å². The number of benzene rings is 1. The highest BCUT2D eigenvalue weighted by Gasteiger charge is 2.23. The third-order valence-electron chi connectivity index (χ3n) is 3.49. The summed E-state index contributed by atoms with van der Waals surface area (Å²) in [5.74, 6) is -1.09. The molecule has 0 aliphatic carbocycles. The Labute approximate surface area is 119 Å². The number of carboxylic acids is 1. The van der Waals surface area contributed by atoms with Crippen LogP contribution in [0.15, 0.2) is 35.4 Å². The Morgan fingerprint density at radius 1 is 1.24 bits per heavy atom. The normalized spacial score (nSPS) is 11.0. The molecular formula is C15H13N3O3. The predicted octanol–water partition coefficient (Wildman–Crippen LogP) is 2.03. The highest BCUT2D eigenvalue weighted by Crippen LogP contribution is 2.25. The van der Waals surface area contributed by atoms with Crippen molar-refractivity contribution in [3.8, 4) is 5.69 Å². The summed E-state index contributed by atoms with van der Waals surface area (Å²) in [6, 6.07) is 7.39. The number of carbonyl (C=O) groups is 1. The maximum atomic E-state index is 12.0. The van der Waals surface area contributed by atoms with Gasteiger partial charge >= 0.3 is 5.97 Å². The third kappa shape index (κ3) is 1.92. The zero-order valence-electron chi connectivity index (χ0n) is 11.5. The summed E-state index contributed by atoms with van der Waals surface area (Å²) in [5, 5.41) is 9.79. The zero-order chi connectivity index (χ0) is 15.1. The number of nitrogens with one attached hydrogen (secondary N) is 1. The number of aryl methyl sites for hydroxylation is 2. The van der Waals surface area contributed by atoms with Crippen molar-refractivity contribution in [1.29, 1.82) is 0 Å². The first-order chi connectivity index (χ1) is 10.0. The van der Waals surface area contributed by atoms with Crippen molar-refractivity contribution in [3.63, 3.8) is 0 Å². The molecule has 0 fully saturated rings. The summed E-state index contributed by atoms with van der Waals surface area (Å²) in [7, 11) is 0. The van der Waals surface area contributed by atoms with E-state index in [1.165, 1.54) is 10.9 Å². The Morgan fingerprint density at radius 3 is 2.52 bits per heavy atom. The fraction of sp³-hybridized carbons (Fsp3) is 0.133. The summed E-state index contributed by atoms with van der Waals surface area (Å²) >= 11 is 0. The average Bonchev–Trinajstić information content (AvgIpc) is 2.74. The Bertz CT molecular complexity index is 904. The van der Waals surface area contributed by atoms with E-state index in [0.717, 1.165) is 5.56 Å². The Kier molecular flexibility index (Phi) is 2.86. The molecule has 0 bridgehead atoms. The van der Waals surface area contributed by atoms with Gasteiger partial charge in [0, 0.05) is 5.69 Å². The SMILES string of the molecule is Cc1ccc(-n2c(C(=O)O)c(C)c3c(=O)[nH]cnc32)cc1. The molecule has 1 aromatic carbocycles. The summed E-state index contributed by atoms with van der Waals surface area (Å²) in [6.07, 6.45) is 1.28. The van der Waals surface area contributed by atoms with Gasteiger partial charge < -0.3 is 10.1 Å². The van der Waals surface area contributed by atoms with E-state index in [0.29, 0.717) is 22.3 Å². The standard InChI is InChI=1S/C15H13N3O3/c1-8-3-5-10(6-4-8)18-12(15(20)21)9(2)11-13(18)16-7-17-14(11)19/h3-7H,1-2H3,(H,20,21)(H,16,17,19). The lowest BCUT2D eigenvalue weighted by atomic mass is 10.2. The molecule has 0 aliphatic rings. The molecule has 6 nitrogen and oxygen atoms in total. The van der Waals surface area contributed by atoms with Crippen LogP contribution < -0.4 is 5.56 Å². The van der Waals surface area contributed by atoms with Gasteiger partial charge in [0.25, 0.3) is 5.56 Å². The Morgan fingerprint density at radius 2 is 1.90 bits per heavy atom. The minimum absolute atomic E-state index is 0.0538. The molecule has 106 valence electrons. The first-order valence-electron chi connectivity index (χ1n) is 6.39. The van der Waals surface area contributed by atoms with Crippen LogP contribution in [-0.2, 0) is 0 Å². The van der Waals surface area contributed by atoms with Crippen LogP contribution in [0.25, 0.3) is 16.7 Å². The molecule has 3 rings (SSSR count). The van der Waals surface area contributed by atoms with E-state index in [4.69, 9.17) is 0 Å². The molecule has 0 unspecified atom stereocenters. The Balaban J connectivity index is 2.48. The minimum Gasteiger partial charge on any atom is -0.477 e. The molecule has 2 N–H and O–H groups in total. The van der Waals surface area contributed by atoms with E-state index < -0.39 is 5.97 Å². The van der Waals surface area contributed by atoms with Gasteiger partial charge in [0.1, 0.15) is 5.69 Å². The van der Waals surface area contributed by atoms with Crippen molar-refractivity contribution >= 4 is 17.0 Å². The van der Waals surface area contributed by atoms with Gasteiger partial charge in [-0.15, -0.1) is 0 Å². The number of aromatic nitrogens is 3. The van der Waals surface area contributed by atoms with Crippen LogP contribution in [0.4, 0.5) is 0 Å². The summed E-state index contributed by atoms with van der Waals surface area (Å²) < 4.78 is 1.50. The number of hydrogen-bond acceptors (Lipinski definition) is 3. The molecule has 0 radical (unpaired) electrons. The van der Waals surface area contributed by atoms with Gasteiger partial charge in [0.15, 0.2) is 5.65 Å². The molecule has 6 heteroatoms. The average molecular weight is 283 g/mol.